The average Bonchev–Trinajstić information content (AvgIpc) is 2.77. The molecule has 160 valence electrons. The second kappa shape index (κ2) is 8.58. The van der Waals surface area contributed by atoms with E-state index in [0.717, 1.165) is 6.07 Å². The molecule has 10 heteroatoms. The molecule has 0 bridgehead atoms. The Kier molecular flexibility index (Phi) is 5.70. The number of anilines is 2. The molecule has 0 fully saturated rings. The fraction of sp³-hybridized carbons (Fsp3) is 0.238. The molecule has 0 aliphatic carbocycles. The van der Waals surface area contributed by atoms with Crippen molar-refractivity contribution in [2.75, 3.05) is 29.9 Å². The number of carbonyl (C=O) groups is 1. The largest absolute Gasteiger partial charge is 0.482 e. The van der Waals surface area contributed by atoms with Crippen LogP contribution in [0.3, 0.4) is 0 Å². The lowest BCUT2D eigenvalue weighted by atomic mass is 10.2. The van der Waals surface area contributed by atoms with E-state index in [-0.39, 0.29) is 29.9 Å². The number of alkyl halides is 3. The van der Waals surface area contributed by atoms with Gasteiger partial charge in [0, 0.05) is 25.4 Å². The summed E-state index contributed by atoms with van der Waals surface area (Å²) in [5.41, 5.74) is -0.132. The molecule has 1 aliphatic heterocycles. The van der Waals surface area contributed by atoms with Gasteiger partial charge in [-0.2, -0.15) is 13.2 Å². The van der Waals surface area contributed by atoms with Gasteiger partial charge in [0.2, 0.25) is 0 Å². The van der Waals surface area contributed by atoms with E-state index in [1.807, 2.05) is 12.1 Å². The van der Waals surface area contributed by atoms with Crippen LogP contribution in [-0.4, -0.2) is 40.6 Å². The van der Waals surface area contributed by atoms with Gasteiger partial charge < -0.3 is 15.0 Å². The lowest BCUT2D eigenvalue weighted by molar-refractivity contribution is -0.141. The third-order valence-electron chi connectivity index (χ3n) is 4.58. The van der Waals surface area contributed by atoms with Crippen LogP contribution in [0.15, 0.2) is 54.7 Å². The molecule has 31 heavy (non-hydrogen) atoms. The maximum absolute atomic E-state index is 13.3. The van der Waals surface area contributed by atoms with Crippen LogP contribution in [0, 0.1) is 0 Å². The number of nitrogens with zero attached hydrogens (tertiary/aromatic N) is 4. The van der Waals surface area contributed by atoms with Gasteiger partial charge in [0.15, 0.2) is 18.1 Å². The van der Waals surface area contributed by atoms with Crippen LogP contribution in [0.2, 0.25) is 0 Å². The highest BCUT2D eigenvalue weighted by Gasteiger charge is 2.34. The van der Waals surface area contributed by atoms with Crippen LogP contribution >= 0.6 is 0 Å². The van der Waals surface area contributed by atoms with Crippen LogP contribution < -0.4 is 15.0 Å². The molecule has 1 N–H and O–H groups in total. The summed E-state index contributed by atoms with van der Waals surface area (Å²) in [5.74, 6) is 0.380. The highest BCUT2D eigenvalue weighted by atomic mass is 19.4. The number of halogens is 3. The first-order chi connectivity index (χ1) is 14.9. The summed E-state index contributed by atoms with van der Waals surface area (Å²) in [6.07, 6.45) is -2.67. The number of rotatable bonds is 6. The van der Waals surface area contributed by atoms with Gasteiger partial charge in [-0.05, 0) is 30.7 Å². The first kappa shape index (κ1) is 20.6. The Labute approximate surface area is 175 Å². The molecule has 1 aromatic carbocycles. The number of amides is 1. The number of aromatic nitrogens is 3. The van der Waals surface area contributed by atoms with Gasteiger partial charge in [0.25, 0.3) is 5.91 Å². The third kappa shape index (κ3) is 4.73. The smallest absolute Gasteiger partial charge is 0.433 e. The van der Waals surface area contributed by atoms with Crippen molar-refractivity contribution < 1.29 is 22.7 Å². The van der Waals surface area contributed by atoms with E-state index in [9.17, 15) is 18.0 Å². The number of fused-ring (bicyclic) bond motifs is 1. The minimum Gasteiger partial charge on any atom is -0.482 e. The maximum Gasteiger partial charge on any atom is 0.433 e. The number of benzene rings is 1. The molecule has 3 heterocycles. The Balaban J connectivity index is 1.46. The standard InChI is InChI=1S/C21H18F3N5O2/c22-21(23,24)17-12-18(28-20(27-17)14-6-3-4-9-25-14)26-10-5-11-29-15-7-1-2-8-16(15)31-13-19(29)30/h1-4,6-9,12H,5,10-11,13H2,(H,26,27,28). The molecule has 7 nitrogen and oxygen atoms in total. The summed E-state index contributed by atoms with van der Waals surface area (Å²) < 4.78 is 45.3. The van der Waals surface area contributed by atoms with E-state index in [4.69, 9.17) is 4.74 Å². The molecule has 3 aromatic rings. The van der Waals surface area contributed by atoms with Crippen LogP contribution in [0.25, 0.3) is 11.5 Å². The highest BCUT2D eigenvalue weighted by molar-refractivity contribution is 5.97. The van der Waals surface area contributed by atoms with Gasteiger partial charge in [-0.3, -0.25) is 9.78 Å². The fourth-order valence-electron chi connectivity index (χ4n) is 3.15. The van der Waals surface area contributed by atoms with Crippen molar-refractivity contribution in [3.63, 3.8) is 0 Å². The molecule has 1 aliphatic rings. The van der Waals surface area contributed by atoms with Crippen molar-refractivity contribution in [3.8, 4) is 17.3 Å². The van der Waals surface area contributed by atoms with E-state index >= 15 is 0 Å². The summed E-state index contributed by atoms with van der Waals surface area (Å²) in [7, 11) is 0. The summed E-state index contributed by atoms with van der Waals surface area (Å²) >= 11 is 0. The fourth-order valence-corrected chi connectivity index (χ4v) is 3.15. The molecular weight excluding hydrogens is 411 g/mol. The molecule has 0 unspecified atom stereocenters. The monoisotopic (exact) mass is 429 g/mol. The Morgan fingerprint density at radius 1 is 1.10 bits per heavy atom. The number of hydrogen-bond acceptors (Lipinski definition) is 6. The topological polar surface area (TPSA) is 80.2 Å². The maximum atomic E-state index is 13.3. The minimum atomic E-state index is -4.62. The molecular formula is C21H18F3N5O2. The minimum absolute atomic E-state index is 0.0386. The second-order valence-corrected chi connectivity index (χ2v) is 6.76. The SMILES string of the molecule is O=C1COc2ccccc2N1CCCNc1cc(C(F)(F)F)nc(-c2ccccn2)n1. The predicted octanol–water partition coefficient (Wildman–Crippen LogP) is 3.79. The van der Waals surface area contributed by atoms with Crippen molar-refractivity contribution in [2.24, 2.45) is 0 Å². The first-order valence-electron chi connectivity index (χ1n) is 9.55. The second-order valence-electron chi connectivity index (χ2n) is 6.76. The Morgan fingerprint density at radius 2 is 1.90 bits per heavy atom. The van der Waals surface area contributed by atoms with Crippen LogP contribution in [0.5, 0.6) is 5.75 Å². The Hall–Kier alpha value is -3.69. The van der Waals surface area contributed by atoms with E-state index < -0.39 is 11.9 Å². The number of nitrogens with one attached hydrogen (secondary N) is 1. The van der Waals surface area contributed by atoms with Gasteiger partial charge in [-0.25, -0.2) is 9.97 Å². The summed E-state index contributed by atoms with van der Waals surface area (Å²) in [5, 5.41) is 2.90. The number of hydrogen-bond donors (Lipinski definition) is 1. The molecule has 0 saturated heterocycles. The molecule has 0 saturated carbocycles. The zero-order valence-corrected chi connectivity index (χ0v) is 16.3. The quantitative estimate of drug-likeness (QED) is 0.601. The zero-order valence-electron chi connectivity index (χ0n) is 16.3. The zero-order chi connectivity index (χ0) is 21.8. The molecule has 0 spiro atoms. The molecule has 2 aromatic heterocycles. The number of pyridine rings is 1. The van der Waals surface area contributed by atoms with E-state index in [1.54, 1.807) is 35.2 Å². The van der Waals surface area contributed by atoms with Crippen molar-refractivity contribution in [2.45, 2.75) is 12.6 Å². The van der Waals surface area contributed by atoms with E-state index in [1.165, 1.54) is 6.20 Å². The summed E-state index contributed by atoms with van der Waals surface area (Å²) in [4.78, 5) is 25.6. The predicted molar refractivity (Wildman–Crippen MR) is 108 cm³/mol. The van der Waals surface area contributed by atoms with Gasteiger partial charge in [-0.15, -0.1) is 0 Å². The lowest BCUT2D eigenvalue weighted by Gasteiger charge is -2.29. The highest BCUT2D eigenvalue weighted by Crippen LogP contribution is 2.32. The van der Waals surface area contributed by atoms with E-state index in [0.29, 0.717) is 30.9 Å². The lowest BCUT2D eigenvalue weighted by Crippen LogP contribution is -2.39. The van der Waals surface area contributed by atoms with Gasteiger partial charge >= 0.3 is 6.18 Å². The Bertz CT molecular complexity index is 1080. The molecule has 0 atom stereocenters. The van der Waals surface area contributed by atoms with Crippen LogP contribution in [-0.2, 0) is 11.0 Å². The summed E-state index contributed by atoms with van der Waals surface area (Å²) in [6, 6.07) is 12.9. The van der Waals surface area contributed by atoms with Crippen molar-refractivity contribution in [1.29, 1.82) is 0 Å². The van der Waals surface area contributed by atoms with Crippen LogP contribution in [0.1, 0.15) is 12.1 Å². The Morgan fingerprint density at radius 3 is 2.68 bits per heavy atom. The third-order valence-corrected chi connectivity index (χ3v) is 4.58. The van der Waals surface area contributed by atoms with Gasteiger partial charge in [-0.1, -0.05) is 18.2 Å². The number of ether oxygens (including phenoxy) is 1. The van der Waals surface area contributed by atoms with Gasteiger partial charge in [0.1, 0.15) is 17.3 Å². The summed E-state index contributed by atoms with van der Waals surface area (Å²) in [6.45, 7) is 0.651. The molecule has 4 rings (SSSR count). The molecule has 0 radical (unpaired) electrons. The molecule has 1 amide bonds. The van der Waals surface area contributed by atoms with Crippen molar-refractivity contribution in [1.82, 2.24) is 15.0 Å². The van der Waals surface area contributed by atoms with Crippen molar-refractivity contribution >= 4 is 17.4 Å². The number of carbonyl (C=O) groups excluding carboxylic acids is 1. The average molecular weight is 429 g/mol. The first-order valence-corrected chi connectivity index (χ1v) is 9.55. The number of para-hydroxylation sites is 2. The van der Waals surface area contributed by atoms with Crippen molar-refractivity contribution in [3.05, 3.63) is 60.4 Å². The normalized spacial score (nSPS) is 13.5. The van der Waals surface area contributed by atoms with E-state index in [2.05, 4.69) is 20.3 Å². The van der Waals surface area contributed by atoms with Crippen LogP contribution in [0.4, 0.5) is 24.7 Å². The van der Waals surface area contributed by atoms with Gasteiger partial charge in [0.05, 0.1) is 5.69 Å².